The highest BCUT2D eigenvalue weighted by atomic mass is 27.0. The average molecular weight is 515 g/mol. The lowest BCUT2D eigenvalue weighted by Gasteiger charge is -2.02. The van der Waals surface area contributed by atoms with Gasteiger partial charge in [0, 0.05) is 52.1 Å². The van der Waals surface area contributed by atoms with Crippen molar-refractivity contribution in [1.29, 1.82) is 0 Å². The minimum atomic E-state index is 0. The number of nitrogens with zero attached hydrogens (tertiary/aromatic N) is 3. The zero-order chi connectivity index (χ0) is 26.5. The molecule has 189 valence electrons. The second-order valence-corrected chi connectivity index (χ2v) is 8.24. The smallest absolute Gasteiger partial charge is 0.145 e. The molecule has 3 aromatic heterocycles. The first-order chi connectivity index (χ1) is 18.1. The summed E-state index contributed by atoms with van der Waals surface area (Å²) in [6.07, 6.45) is 7.18. The van der Waals surface area contributed by atoms with E-state index < -0.39 is 0 Å². The molecule has 0 fully saturated rings. The van der Waals surface area contributed by atoms with Crippen molar-refractivity contribution in [2.24, 2.45) is 0 Å². The van der Waals surface area contributed by atoms with E-state index in [0.717, 1.165) is 27.7 Å². The van der Waals surface area contributed by atoms with E-state index in [9.17, 15) is 0 Å². The predicted molar refractivity (Wildman–Crippen MR) is 163 cm³/mol. The third-order valence-electron chi connectivity index (χ3n) is 5.48. The highest BCUT2D eigenvalue weighted by Crippen LogP contribution is 2.22. The number of hydrogen-bond donors (Lipinski definition) is 0. The molecule has 6 rings (SSSR count). The van der Waals surface area contributed by atoms with Gasteiger partial charge >= 0.3 is 0 Å². The minimum Gasteiger partial charge on any atom is -0.494 e. The van der Waals surface area contributed by atoms with Crippen LogP contribution in [0.25, 0.3) is 32.7 Å². The molecule has 3 radical (unpaired) electrons. The minimum absolute atomic E-state index is 0. The number of aromatic nitrogens is 3. The fourth-order valence-corrected chi connectivity index (χ4v) is 3.75. The van der Waals surface area contributed by atoms with Crippen molar-refractivity contribution in [2.45, 2.75) is 20.8 Å². The number of fused-ring (bicyclic) bond motifs is 3. The van der Waals surface area contributed by atoms with E-state index in [4.69, 9.17) is 4.74 Å². The summed E-state index contributed by atoms with van der Waals surface area (Å²) in [5.74, 6) is 0.827. The first kappa shape index (κ1) is 30.2. The molecule has 0 atom stereocenters. The number of allylic oxidation sites excluding steroid dienone is 1. The van der Waals surface area contributed by atoms with Crippen LogP contribution in [0.4, 0.5) is 0 Å². The maximum absolute atomic E-state index is 5.16. The monoisotopic (exact) mass is 514 g/mol. The molecule has 0 aliphatic heterocycles. The zero-order valence-electron chi connectivity index (χ0n) is 22.5. The number of pyridine rings is 3. The summed E-state index contributed by atoms with van der Waals surface area (Å²) in [6, 6.07) is 30.3. The first-order valence-electron chi connectivity index (χ1n) is 12.1. The predicted octanol–water partition coefficient (Wildman–Crippen LogP) is 8.14. The van der Waals surface area contributed by atoms with Gasteiger partial charge in [-0.3, -0.25) is 15.0 Å². The van der Waals surface area contributed by atoms with Gasteiger partial charge in [0.2, 0.25) is 0 Å². The van der Waals surface area contributed by atoms with Crippen LogP contribution in [0.2, 0.25) is 0 Å². The topological polar surface area (TPSA) is 47.9 Å². The van der Waals surface area contributed by atoms with Crippen molar-refractivity contribution in [3.05, 3.63) is 133 Å². The van der Waals surface area contributed by atoms with Crippen LogP contribution in [-0.2, 0) is 0 Å². The maximum atomic E-state index is 5.16. The summed E-state index contributed by atoms with van der Waals surface area (Å²) in [4.78, 5) is 12.8. The lowest BCUT2D eigenvalue weighted by molar-refractivity contribution is 0.419. The molecule has 0 aliphatic carbocycles. The third-order valence-corrected chi connectivity index (χ3v) is 5.48. The van der Waals surface area contributed by atoms with E-state index in [1.165, 1.54) is 21.9 Å². The fourth-order valence-electron chi connectivity index (χ4n) is 3.75. The maximum Gasteiger partial charge on any atom is 0.145 e. The van der Waals surface area contributed by atoms with Crippen molar-refractivity contribution in [3.8, 4) is 5.75 Å². The van der Waals surface area contributed by atoms with Gasteiger partial charge in [-0.1, -0.05) is 72.8 Å². The molecule has 3 heterocycles. The van der Waals surface area contributed by atoms with E-state index in [1.54, 1.807) is 19.4 Å². The summed E-state index contributed by atoms with van der Waals surface area (Å²) < 4.78 is 5.16. The number of benzene rings is 3. The van der Waals surface area contributed by atoms with E-state index in [-0.39, 0.29) is 17.4 Å². The van der Waals surface area contributed by atoms with Crippen molar-refractivity contribution in [2.75, 3.05) is 7.11 Å². The van der Waals surface area contributed by atoms with Crippen LogP contribution >= 0.6 is 0 Å². The summed E-state index contributed by atoms with van der Waals surface area (Å²) in [5, 5.41) is 3.54. The van der Waals surface area contributed by atoms with Gasteiger partial charge in [-0.25, -0.2) is 0 Å². The second-order valence-electron chi connectivity index (χ2n) is 8.24. The van der Waals surface area contributed by atoms with Gasteiger partial charge in [0.15, 0.2) is 0 Å². The molecule has 5 heteroatoms. The number of rotatable bonds is 1. The Labute approximate surface area is 236 Å². The lowest BCUT2D eigenvalue weighted by atomic mass is 10.1. The largest absolute Gasteiger partial charge is 0.494 e. The van der Waals surface area contributed by atoms with Crippen LogP contribution in [0.3, 0.4) is 0 Å². The highest BCUT2D eigenvalue weighted by molar-refractivity contribution is 5.84. The summed E-state index contributed by atoms with van der Waals surface area (Å²) >= 11 is 0. The number of para-hydroxylation sites is 3. The van der Waals surface area contributed by atoms with Crippen molar-refractivity contribution in [1.82, 2.24) is 15.0 Å². The van der Waals surface area contributed by atoms with Crippen molar-refractivity contribution >= 4 is 50.1 Å². The zero-order valence-corrected chi connectivity index (χ0v) is 23.7. The average Bonchev–Trinajstić information content (AvgIpc) is 2.94. The lowest BCUT2D eigenvalue weighted by Crippen LogP contribution is -1.85. The van der Waals surface area contributed by atoms with Gasteiger partial charge in [-0.2, -0.15) is 0 Å². The van der Waals surface area contributed by atoms with Gasteiger partial charge < -0.3 is 4.74 Å². The number of hydrogen-bond acceptors (Lipinski definition) is 4. The van der Waals surface area contributed by atoms with Crippen LogP contribution in [0.1, 0.15) is 18.1 Å². The fraction of sp³-hybridized carbons (Fsp3) is 0.121. The molecule has 0 spiro atoms. The van der Waals surface area contributed by atoms with E-state index in [1.807, 2.05) is 61.8 Å². The van der Waals surface area contributed by atoms with Crippen molar-refractivity contribution in [3.63, 3.8) is 0 Å². The van der Waals surface area contributed by atoms with Crippen LogP contribution in [-0.4, -0.2) is 39.4 Å². The third kappa shape index (κ3) is 8.24. The molecule has 0 aliphatic rings. The van der Waals surface area contributed by atoms with Crippen molar-refractivity contribution < 1.29 is 4.74 Å². The molecule has 0 N–H and O–H groups in total. The Kier molecular flexibility index (Phi) is 12.7. The highest BCUT2D eigenvalue weighted by Gasteiger charge is 1.99. The quantitative estimate of drug-likeness (QED) is 0.164. The van der Waals surface area contributed by atoms with Gasteiger partial charge in [0.05, 0.1) is 18.1 Å². The standard InChI is InChI=1S/C10H9NO.2C10H9N.C3H6.Al/c1-12-9-6-2-4-8-5-3-7-11-10(8)9;2*1-8-4-2-5-9-6-3-7-11-10(8)9;1-3-2;/h2-7H,1H3;2*2-7H,1H3;3H,1H2,2H3;. The Morgan fingerprint density at radius 2 is 0.921 bits per heavy atom. The van der Waals surface area contributed by atoms with Crippen LogP contribution in [0.5, 0.6) is 5.75 Å². The summed E-state index contributed by atoms with van der Waals surface area (Å²) in [5.41, 5.74) is 5.61. The van der Waals surface area contributed by atoms with Crippen LogP contribution in [0, 0.1) is 13.8 Å². The SMILES string of the molecule is C=CC.COc1cccc2cccnc12.Cc1cccc2cccnc12.Cc1cccc2cccnc12.[Al]. The molecule has 38 heavy (non-hydrogen) atoms. The Hall–Kier alpha value is -4.04. The van der Waals surface area contributed by atoms with Crippen LogP contribution < -0.4 is 4.74 Å². The number of aryl methyl sites for hydroxylation is 2. The molecule has 0 saturated carbocycles. The Balaban J connectivity index is 0.000000188. The first-order valence-corrected chi connectivity index (χ1v) is 12.1. The second kappa shape index (κ2) is 15.9. The van der Waals surface area contributed by atoms with Gasteiger partial charge in [0.25, 0.3) is 0 Å². The Bertz CT molecular complexity index is 1490. The molecule has 0 unspecified atom stereocenters. The van der Waals surface area contributed by atoms with E-state index in [2.05, 4.69) is 83.9 Å². The summed E-state index contributed by atoms with van der Waals surface area (Å²) in [7, 11) is 1.66. The van der Waals surface area contributed by atoms with Gasteiger partial charge in [-0.05, 0) is 56.2 Å². The molecule has 0 amide bonds. The van der Waals surface area contributed by atoms with Gasteiger partial charge in [0.1, 0.15) is 11.3 Å². The molecular weight excluding hydrogens is 481 g/mol. The normalized spacial score (nSPS) is 9.47. The van der Waals surface area contributed by atoms with Crippen LogP contribution in [0.15, 0.2) is 122 Å². The molecule has 0 saturated heterocycles. The Morgan fingerprint density at radius 3 is 1.32 bits per heavy atom. The number of methoxy groups -OCH3 is 1. The van der Waals surface area contributed by atoms with Gasteiger partial charge in [-0.15, -0.1) is 6.58 Å². The summed E-state index contributed by atoms with van der Waals surface area (Å²) in [6.45, 7) is 9.41. The molecule has 6 aromatic rings. The molecule has 4 nitrogen and oxygen atoms in total. The molecule has 0 bridgehead atoms. The molecular formula is C33H33AlN3O. The number of ether oxygens (including phenoxy) is 1. The molecule has 3 aromatic carbocycles. The van der Waals surface area contributed by atoms with E-state index >= 15 is 0 Å². The Morgan fingerprint density at radius 1 is 0.579 bits per heavy atom. The van der Waals surface area contributed by atoms with E-state index in [0.29, 0.717) is 0 Å².